The van der Waals surface area contributed by atoms with Crippen LogP contribution in [0.4, 0.5) is 0 Å². The largest absolute Gasteiger partial charge is 0.495 e. The molecule has 0 radical (unpaired) electrons. The lowest BCUT2D eigenvalue weighted by molar-refractivity contribution is -0.141. The van der Waals surface area contributed by atoms with Gasteiger partial charge in [-0.2, -0.15) is 0 Å². The molecule has 122 valence electrons. The molecular weight excluding hydrogens is 312 g/mol. The van der Waals surface area contributed by atoms with Crippen LogP contribution in [0.1, 0.15) is 17.3 Å². The first-order valence-electron chi connectivity index (χ1n) is 6.27. The highest BCUT2D eigenvalue weighted by atomic mass is 32.2. The molecule has 0 aliphatic heterocycles. The third kappa shape index (κ3) is 3.55. The Kier molecular flexibility index (Phi) is 5.50. The van der Waals surface area contributed by atoms with E-state index in [1.807, 2.05) is 0 Å². The molecule has 2 N–H and O–H groups in total. The Hall–Kier alpha value is -2.13. The Morgan fingerprint density at radius 3 is 2.41 bits per heavy atom. The number of hydrogen-bond donors (Lipinski definition) is 2. The average molecular weight is 330 g/mol. The molecule has 0 fully saturated rings. The minimum atomic E-state index is -3.82. The third-order valence-corrected chi connectivity index (χ3v) is 4.66. The van der Waals surface area contributed by atoms with E-state index < -0.39 is 27.9 Å². The number of nitrogens with zero attached hydrogens (tertiary/aromatic N) is 1. The summed E-state index contributed by atoms with van der Waals surface area (Å²) in [5.74, 6) is -1.68. The number of carboxylic acid groups (broad SMARTS) is 1. The molecule has 0 spiro atoms. The number of carbonyl (C=O) groups is 2. The predicted molar refractivity (Wildman–Crippen MR) is 78.4 cm³/mol. The summed E-state index contributed by atoms with van der Waals surface area (Å²) in [7, 11) is 0.0573. The number of carbonyl (C=O) groups excluding carboxylic acids is 1. The fourth-order valence-electron chi connectivity index (χ4n) is 1.67. The fraction of sp³-hybridized carbons (Fsp3) is 0.385. The van der Waals surface area contributed by atoms with Crippen LogP contribution in [0.15, 0.2) is 23.1 Å². The van der Waals surface area contributed by atoms with Crippen molar-refractivity contribution in [3.63, 3.8) is 0 Å². The zero-order valence-corrected chi connectivity index (χ0v) is 13.5. The lowest BCUT2D eigenvalue weighted by atomic mass is 10.1. The Bertz CT molecular complexity index is 686. The lowest BCUT2D eigenvalue weighted by Crippen LogP contribution is -2.40. The monoisotopic (exact) mass is 330 g/mol. The second-order valence-corrected chi connectivity index (χ2v) is 6.36. The van der Waals surface area contributed by atoms with Gasteiger partial charge in [0.15, 0.2) is 0 Å². The van der Waals surface area contributed by atoms with Crippen molar-refractivity contribution in [1.82, 2.24) is 9.62 Å². The molecule has 1 aromatic carbocycles. The molecule has 0 aliphatic carbocycles. The van der Waals surface area contributed by atoms with E-state index >= 15 is 0 Å². The maximum absolute atomic E-state index is 12.3. The summed E-state index contributed by atoms with van der Waals surface area (Å²) in [6.45, 7) is 1.36. The molecule has 0 bridgehead atoms. The SMILES string of the molecule is CNS(=O)(=O)c1cc(C(=O)N(C)C(C)C(=O)O)ccc1OC. The van der Waals surface area contributed by atoms with Crippen molar-refractivity contribution < 1.29 is 27.9 Å². The van der Waals surface area contributed by atoms with Gasteiger partial charge in [-0.3, -0.25) is 4.79 Å². The van der Waals surface area contributed by atoms with Crippen LogP contribution in [0.2, 0.25) is 0 Å². The first-order chi connectivity index (χ1) is 10.2. The molecule has 8 nitrogen and oxygen atoms in total. The summed E-state index contributed by atoms with van der Waals surface area (Å²) in [5.41, 5.74) is 0.0465. The number of likely N-dealkylation sites (N-methyl/N-ethyl adjacent to an activating group) is 1. The second kappa shape index (κ2) is 6.75. The van der Waals surface area contributed by atoms with Crippen LogP contribution >= 0.6 is 0 Å². The summed E-state index contributed by atoms with van der Waals surface area (Å²) in [6.07, 6.45) is 0. The van der Waals surface area contributed by atoms with Gasteiger partial charge in [0.2, 0.25) is 10.0 Å². The molecule has 1 amide bonds. The quantitative estimate of drug-likeness (QED) is 0.767. The van der Waals surface area contributed by atoms with Crippen LogP contribution in [0.3, 0.4) is 0 Å². The Morgan fingerprint density at radius 1 is 1.36 bits per heavy atom. The standard InChI is InChI=1S/C13H18N2O6S/c1-8(13(17)18)15(3)12(16)9-5-6-10(21-4)11(7-9)22(19,20)14-2/h5-8,14H,1-4H3,(H,17,18). The molecule has 0 aliphatic rings. The number of hydrogen-bond acceptors (Lipinski definition) is 5. The van der Waals surface area contributed by atoms with Crippen molar-refractivity contribution in [3.8, 4) is 5.75 Å². The molecule has 1 atom stereocenters. The van der Waals surface area contributed by atoms with Gasteiger partial charge < -0.3 is 14.7 Å². The molecule has 9 heteroatoms. The van der Waals surface area contributed by atoms with Gasteiger partial charge in [-0.25, -0.2) is 17.9 Å². The van der Waals surface area contributed by atoms with E-state index in [4.69, 9.17) is 9.84 Å². The highest BCUT2D eigenvalue weighted by molar-refractivity contribution is 7.89. The van der Waals surface area contributed by atoms with E-state index in [9.17, 15) is 18.0 Å². The van der Waals surface area contributed by atoms with Gasteiger partial charge in [0.05, 0.1) is 7.11 Å². The highest BCUT2D eigenvalue weighted by Gasteiger charge is 2.25. The zero-order valence-electron chi connectivity index (χ0n) is 12.7. The van der Waals surface area contributed by atoms with Crippen molar-refractivity contribution in [1.29, 1.82) is 0 Å². The Labute approximate surface area is 128 Å². The van der Waals surface area contributed by atoms with Gasteiger partial charge in [0.25, 0.3) is 5.91 Å². The third-order valence-electron chi connectivity index (χ3n) is 3.23. The summed E-state index contributed by atoms with van der Waals surface area (Å²) >= 11 is 0. The molecule has 1 unspecified atom stereocenters. The van der Waals surface area contributed by atoms with Crippen LogP contribution in [0.25, 0.3) is 0 Å². The van der Waals surface area contributed by atoms with Gasteiger partial charge in [-0.15, -0.1) is 0 Å². The molecule has 22 heavy (non-hydrogen) atoms. The number of carboxylic acids is 1. The smallest absolute Gasteiger partial charge is 0.326 e. The number of ether oxygens (including phenoxy) is 1. The highest BCUT2D eigenvalue weighted by Crippen LogP contribution is 2.25. The number of sulfonamides is 1. The maximum atomic E-state index is 12.3. The van der Waals surface area contributed by atoms with E-state index in [-0.39, 0.29) is 16.2 Å². The van der Waals surface area contributed by atoms with Gasteiger partial charge >= 0.3 is 5.97 Å². The molecule has 1 aromatic rings. The molecule has 0 saturated heterocycles. The van der Waals surface area contributed by atoms with Crippen LogP contribution in [-0.2, 0) is 14.8 Å². The molecular formula is C13H18N2O6S. The van der Waals surface area contributed by atoms with Gasteiger partial charge in [-0.05, 0) is 32.2 Å². The minimum Gasteiger partial charge on any atom is -0.495 e. The number of methoxy groups -OCH3 is 1. The number of aliphatic carboxylic acids is 1. The van der Waals surface area contributed by atoms with Crippen LogP contribution < -0.4 is 9.46 Å². The first-order valence-corrected chi connectivity index (χ1v) is 7.75. The van der Waals surface area contributed by atoms with Crippen LogP contribution in [0, 0.1) is 0 Å². The minimum absolute atomic E-state index is 0.0465. The van der Waals surface area contributed by atoms with E-state index in [0.29, 0.717) is 0 Å². The van der Waals surface area contributed by atoms with Gasteiger partial charge in [0, 0.05) is 12.6 Å². The van der Waals surface area contributed by atoms with E-state index in [2.05, 4.69) is 4.72 Å². The topological polar surface area (TPSA) is 113 Å². The zero-order chi connectivity index (χ0) is 17.1. The summed E-state index contributed by atoms with van der Waals surface area (Å²) in [6, 6.07) is 2.83. The average Bonchev–Trinajstić information content (AvgIpc) is 2.51. The number of nitrogens with one attached hydrogen (secondary N) is 1. The number of rotatable bonds is 6. The number of amides is 1. The molecule has 0 saturated carbocycles. The Morgan fingerprint density at radius 2 is 1.95 bits per heavy atom. The van der Waals surface area contributed by atoms with Crippen molar-refractivity contribution in [2.75, 3.05) is 21.2 Å². The van der Waals surface area contributed by atoms with Gasteiger partial charge in [-0.1, -0.05) is 0 Å². The Balaban J connectivity index is 3.31. The van der Waals surface area contributed by atoms with Gasteiger partial charge in [0.1, 0.15) is 16.7 Å². The van der Waals surface area contributed by atoms with Crippen LogP contribution in [-0.4, -0.2) is 57.5 Å². The summed E-state index contributed by atoms with van der Waals surface area (Å²) in [5, 5.41) is 8.93. The lowest BCUT2D eigenvalue weighted by Gasteiger charge is -2.22. The second-order valence-electron chi connectivity index (χ2n) is 4.50. The maximum Gasteiger partial charge on any atom is 0.326 e. The van der Waals surface area contributed by atoms with Crippen LogP contribution in [0.5, 0.6) is 5.75 Å². The fourth-order valence-corrected chi connectivity index (χ4v) is 2.59. The van der Waals surface area contributed by atoms with Crippen molar-refractivity contribution >= 4 is 21.9 Å². The summed E-state index contributed by atoms with van der Waals surface area (Å²) < 4.78 is 31.0. The normalized spacial score (nSPS) is 12.5. The molecule has 0 aromatic heterocycles. The van der Waals surface area contributed by atoms with E-state index in [0.717, 1.165) is 11.0 Å². The molecule has 1 rings (SSSR count). The number of benzene rings is 1. The van der Waals surface area contributed by atoms with Crippen molar-refractivity contribution in [2.24, 2.45) is 0 Å². The van der Waals surface area contributed by atoms with Crippen molar-refractivity contribution in [2.45, 2.75) is 17.9 Å². The van der Waals surface area contributed by atoms with E-state index in [1.54, 1.807) is 0 Å². The molecule has 0 heterocycles. The van der Waals surface area contributed by atoms with Crippen molar-refractivity contribution in [3.05, 3.63) is 23.8 Å². The predicted octanol–water partition coefficient (Wildman–Crippen LogP) is 0.148. The van der Waals surface area contributed by atoms with E-state index in [1.165, 1.54) is 40.3 Å². The first kappa shape index (κ1) is 17.9. The summed E-state index contributed by atoms with van der Waals surface area (Å²) in [4.78, 5) is 24.0.